The molecule has 2 aromatic rings. The first-order valence-electron chi connectivity index (χ1n) is 8.18. The van der Waals surface area contributed by atoms with Gasteiger partial charge in [-0.3, -0.25) is 0 Å². The molecule has 3 rings (SSSR count). The number of thioether (sulfide) groups is 1. The normalized spacial score (nSPS) is 16.1. The van der Waals surface area contributed by atoms with Crippen LogP contribution in [0.3, 0.4) is 0 Å². The number of amides is 2. The Morgan fingerprint density at radius 2 is 2.00 bits per heavy atom. The van der Waals surface area contributed by atoms with Gasteiger partial charge < -0.3 is 15.4 Å². The highest BCUT2D eigenvalue weighted by Crippen LogP contribution is 2.35. The van der Waals surface area contributed by atoms with Crippen LogP contribution in [0.1, 0.15) is 23.6 Å². The molecule has 4 nitrogen and oxygen atoms in total. The van der Waals surface area contributed by atoms with Crippen molar-refractivity contribution in [1.82, 2.24) is 10.6 Å². The van der Waals surface area contributed by atoms with Crippen molar-refractivity contribution in [3.05, 3.63) is 59.7 Å². The first-order chi connectivity index (χ1) is 11.7. The van der Waals surface area contributed by atoms with Crippen molar-refractivity contribution >= 4 is 17.8 Å². The van der Waals surface area contributed by atoms with Crippen LogP contribution in [0, 0.1) is 6.92 Å². The summed E-state index contributed by atoms with van der Waals surface area (Å²) in [5, 5.41) is 5.92. The van der Waals surface area contributed by atoms with Gasteiger partial charge in [-0.25, -0.2) is 4.79 Å². The van der Waals surface area contributed by atoms with E-state index in [1.54, 1.807) is 0 Å². The number of rotatable bonds is 5. The molecule has 0 radical (unpaired) electrons. The van der Waals surface area contributed by atoms with Gasteiger partial charge in [-0.1, -0.05) is 35.9 Å². The van der Waals surface area contributed by atoms with Gasteiger partial charge in [-0.05, 0) is 37.1 Å². The fourth-order valence-corrected chi connectivity index (χ4v) is 3.79. The summed E-state index contributed by atoms with van der Waals surface area (Å²) in [6.45, 7) is 2.97. The van der Waals surface area contributed by atoms with Crippen LogP contribution < -0.4 is 15.4 Å². The average molecular weight is 342 g/mol. The molecule has 0 aromatic heterocycles. The monoisotopic (exact) mass is 342 g/mol. The van der Waals surface area contributed by atoms with E-state index in [2.05, 4.69) is 22.8 Å². The molecule has 1 heterocycles. The Bertz CT molecular complexity index is 688. The molecule has 1 atom stereocenters. The van der Waals surface area contributed by atoms with E-state index in [0.29, 0.717) is 13.2 Å². The third-order valence-electron chi connectivity index (χ3n) is 3.94. The van der Waals surface area contributed by atoms with Crippen molar-refractivity contribution in [3.8, 4) is 5.75 Å². The summed E-state index contributed by atoms with van der Waals surface area (Å²) in [6.07, 6.45) is 0.953. The van der Waals surface area contributed by atoms with Crippen LogP contribution in [-0.4, -0.2) is 24.9 Å². The van der Waals surface area contributed by atoms with E-state index in [0.717, 1.165) is 17.9 Å². The van der Waals surface area contributed by atoms with E-state index >= 15 is 0 Å². The maximum atomic E-state index is 12.1. The second-order valence-corrected chi connectivity index (χ2v) is 6.93. The van der Waals surface area contributed by atoms with Crippen molar-refractivity contribution in [3.63, 3.8) is 0 Å². The van der Waals surface area contributed by atoms with Gasteiger partial charge in [0.2, 0.25) is 0 Å². The minimum atomic E-state index is -0.144. The van der Waals surface area contributed by atoms with Gasteiger partial charge >= 0.3 is 6.03 Å². The lowest BCUT2D eigenvalue weighted by Crippen LogP contribution is -2.40. The number of urea groups is 1. The predicted molar refractivity (Wildman–Crippen MR) is 97.7 cm³/mol. The molecule has 2 N–H and O–H groups in total. The van der Waals surface area contributed by atoms with Gasteiger partial charge in [-0.2, -0.15) is 0 Å². The predicted octanol–water partition coefficient (Wildman–Crippen LogP) is 3.91. The summed E-state index contributed by atoms with van der Waals surface area (Å²) < 4.78 is 5.61. The minimum Gasteiger partial charge on any atom is -0.492 e. The molecule has 0 bridgehead atoms. The number of carbonyl (C=O) groups is 1. The fraction of sp³-hybridized carbons (Fsp3) is 0.316. The molecule has 0 fully saturated rings. The molecule has 0 saturated heterocycles. The number of hydrogen-bond donors (Lipinski definition) is 2. The third kappa shape index (κ3) is 4.45. The highest BCUT2D eigenvalue weighted by Gasteiger charge is 2.21. The van der Waals surface area contributed by atoms with Crippen LogP contribution in [0.25, 0.3) is 0 Å². The molecule has 2 aromatic carbocycles. The number of carbonyl (C=O) groups excluding carboxylic acids is 1. The van der Waals surface area contributed by atoms with Crippen molar-refractivity contribution < 1.29 is 9.53 Å². The summed E-state index contributed by atoms with van der Waals surface area (Å²) in [4.78, 5) is 13.4. The Balaban J connectivity index is 1.42. The van der Waals surface area contributed by atoms with Crippen molar-refractivity contribution in [2.75, 3.05) is 18.9 Å². The smallest absolute Gasteiger partial charge is 0.315 e. The van der Waals surface area contributed by atoms with Crippen LogP contribution in [0.2, 0.25) is 0 Å². The van der Waals surface area contributed by atoms with Gasteiger partial charge in [0.05, 0.1) is 12.6 Å². The van der Waals surface area contributed by atoms with Gasteiger partial charge in [0.15, 0.2) is 0 Å². The fourth-order valence-electron chi connectivity index (χ4n) is 2.67. The number of fused-ring (bicyclic) bond motifs is 1. The van der Waals surface area contributed by atoms with Crippen LogP contribution in [0.5, 0.6) is 5.75 Å². The van der Waals surface area contributed by atoms with Crippen molar-refractivity contribution in [2.45, 2.75) is 24.3 Å². The van der Waals surface area contributed by atoms with Gasteiger partial charge in [-0.15, -0.1) is 11.8 Å². The third-order valence-corrected chi connectivity index (χ3v) is 5.06. The topological polar surface area (TPSA) is 50.4 Å². The van der Waals surface area contributed by atoms with E-state index in [-0.39, 0.29) is 12.1 Å². The Morgan fingerprint density at radius 1 is 1.21 bits per heavy atom. The molecule has 0 saturated carbocycles. The maximum Gasteiger partial charge on any atom is 0.315 e. The molecule has 0 spiro atoms. The van der Waals surface area contributed by atoms with Gasteiger partial charge in [0.1, 0.15) is 12.4 Å². The number of ether oxygens (including phenoxy) is 1. The lowest BCUT2D eigenvalue weighted by molar-refractivity contribution is 0.232. The summed E-state index contributed by atoms with van der Waals surface area (Å²) in [7, 11) is 0. The Labute approximate surface area is 147 Å². The quantitative estimate of drug-likeness (QED) is 0.810. The Hall–Kier alpha value is -2.14. The first kappa shape index (κ1) is 16.7. The molecule has 5 heteroatoms. The van der Waals surface area contributed by atoms with Crippen LogP contribution >= 0.6 is 11.8 Å². The van der Waals surface area contributed by atoms with E-state index < -0.39 is 0 Å². The van der Waals surface area contributed by atoms with E-state index in [1.165, 1.54) is 16.0 Å². The summed E-state index contributed by atoms with van der Waals surface area (Å²) in [5.74, 6) is 1.85. The summed E-state index contributed by atoms with van der Waals surface area (Å²) in [6, 6.07) is 16.1. The first-order valence-corrected chi connectivity index (χ1v) is 9.16. The van der Waals surface area contributed by atoms with Crippen molar-refractivity contribution in [2.24, 2.45) is 0 Å². The molecule has 0 aliphatic carbocycles. The molecular weight excluding hydrogens is 320 g/mol. The molecule has 24 heavy (non-hydrogen) atoms. The highest BCUT2D eigenvalue weighted by molar-refractivity contribution is 7.99. The van der Waals surface area contributed by atoms with Gasteiger partial charge in [0.25, 0.3) is 0 Å². The second kappa shape index (κ2) is 8.11. The minimum absolute atomic E-state index is 0.0838. The Kier molecular flexibility index (Phi) is 5.64. The molecule has 126 valence electrons. The highest BCUT2D eigenvalue weighted by atomic mass is 32.2. The SMILES string of the molecule is Cc1ccc(OCCNC(=O)N[C@@H]2CCSc3ccccc32)cc1. The molecule has 0 unspecified atom stereocenters. The second-order valence-electron chi connectivity index (χ2n) is 5.79. The number of hydrogen-bond acceptors (Lipinski definition) is 3. The van der Waals surface area contributed by atoms with E-state index in [4.69, 9.17) is 4.74 Å². The van der Waals surface area contributed by atoms with E-state index in [1.807, 2.05) is 55.1 Å². The van der Waals surface area contributed by atoms with Gasteiger partial charge in [0, 0.05) is 10.6 Å². The lowest BCUT2D eigenvalue weighted by atomic mass is 10.0. The zero-order valence-electron chi connectivity index (χ0n) is 13.7. The Morgan fingerprint density at radius 3 is 2.83 bits per heavy atom. The van der Waals surface area contributed by atoms with Crippen LogP contribution in [-0.2, 0) is 0 Å². The lowest BCUT2D eigenvalue weighted by Gasteiger charge is -2.25. The molecule has 2 amide bonds. The molecule has 1 aliphatic heterocycles. The van der Waals surface area contributed by atoms with Crippen molar-refractivity contribution in [1.29, 1.82) is 0 Å². The zero-order valence-corrected chi connectivity index (χ0v) is 14.6. The largest absolute Gasteiger partial charge is 0.492 e. The number of nitrogens with one attached hydrogen (secondary N) is 2. The summed E-state index contributed by atoms with van der Waals surface area (Å²) >= 11 is 1.85. The number of aryl methyl sites for hydroxylation is 1. The average Bonchev–Trinajstić information content (AvgIpc) is 2.61. The maximum absolute atomic E-state index is 12.1. The van der Waals surface area contributed by atoms with Crippen LogP contribution in [0.15, 0.2) is 53.4 Å². The summed E-state index contributed by atoms with van der Waals surface area (Å²) in [5.41, 5.74) is 2.41. The molecule has 1 aliphatic rings. The standard InChI is InChI=1S/C19H22N2O2S/c1-14-6-8-15(9-7-14)23-12-11-20-19(22)21-17-10-13-24-18-5-3-2-4-16(17)18/h2-9,17H,10-13H2,1H3,(H2,20,21,22)/t17-/m1/s1. The van der Waals surface area contributed by atoms with E-state index in [9.17, 15) is 4.79 Å². The zero-order chi connectivity index (χ0) is 16.8. The molecular formula is C19H22N2O2S. The van der Waals surface area contributed by atoms with Crippen LogP contribution in [0.4, 0.5) is 4.79 Å². The number of benzene rings is 2.